The zero-order valence-corrected chi connectivity index (χ0v) is 10.3. The summed E-state index contributed by atoms with van der Waals surface area (Å²) in [5.74, 6) is -1.88. The quantitative estimate of drug-likeness (QED) is 0.852. The molecule has 20 heavy (non-hydrogen) atoms. The van der Waals surface area contributed by atoms with E-state index in [1.165, 1.54) is 12.1 Å². The molecule has 0 bridgehead atoms. The van der Waals surface area contributed by atoms with Crippen molar-refractivity contribution in [2.45, 2.75) is 12.9 Å². The Morgan fingerprint density at radius 3 is 2.35 bits per heavy atom. The van der Waals surface area contributed by atoms with E-state index in [1.54, 1.807) is 0 Å². The van der Waals surface area contributed by atoms with Crippen LogP contribution in [0.15, 0.2) is 18.2 Å². The maximum absolute atomic E-state index is 13.1. The van der Waals surface area contributed by atoms with Gasteiger partial charge in [0.15, 0.2) is 0 Å². The van der Waals surface area contributed by atoms with Crippen molar-refractivity contribution in [1.82, 2.24) is 4.98 Å². The van der Waals surface area contributed by atoms with Crippen LogP contribution in [0.4, 0.5) is 17.6 Å². The molecule has 1 aromatic heterocycles. The monoisotopic (exact) mass is 307 g/mol. The van der Waals surface area contributed by atoms with Gasteiger partial charge >= 0.3 is 5.97 Å². The lowest BCUT2D eigenvalue weighted by Gasteiger charge is -2.13. The molecule has 0 saturated carbocycles. The van der Waals surface area contributed by atoms with Gasteiger partial charge in [-0.15, -0.1) is 0 Å². The lowest BCUT2D eigenvalue weighted by molar-refractivity contribution is 0.0669. The summed E-state index contributed by atoms with van der Waals surface area (Å²) >= 11 is 5.66. The highest BCUT2D eigenvalue weighted by atomic mass is 35.5. The van der Waals surface area contributed by atoms with Crippen LogP contribution in [0.1, 0.15) is 34.5 Å². The minimum absolute atomic E-state index is 0.0716. The minimum Gasteiger partial charge on any atom is -0.478 e. The van der Waals surface area contributed by atoms with Crippen molar-refractivity contribution in [3.05, 3.63) is 40.0 Å². The molecule has 0 aliphatic carbocycles. The summed E-state index contributed by atoms with van der Waals surface area (Å²) in [6.45, 7) is 0. The summed E-state index contributed by atoms with van der Waals surface area (Å²) in [7, 11) is 0. The number of nitrogens with zero attached hydrogens (tertiary/aromatic N) is 1. The van der Waals surface area contributed by atoms with E-state index in [2.05, 4.69) is 4.98 Å². The molecular formula is C12H6ClF4NO2. The normalized spacial score (nSPS) is 11.6. The predicted molar refractivity (Wildman–Crippen MR) is 63.6 cm³/mol. The molecule has 3 nitrogen and oxygen atoms in total. The first-order chi connectivity index (χ1) is 9.32. The zero-order chi connectivity index (χ0) is 15.0. The first-order valence-electron chi connectivity index (χ1n) is 5.25. The van der Waals surface area contributed by atoms with Gasteiger partial charge in [-0.25, -0.2) is 27.3 Å². The zero-order valence-electron chi connectivity index (χ0n) is 9.58. The van der Waals surface area contributed by atoms with E-state index in [4.69, 9.17) is 16.7 Å². The molecule has 1 heterocycles. The Hall–Kier alpha value is -1.89. The Morgan fingerprint density at radius 1 is 1.20 bits per heavy atom. The molecular weight excluding hydrogens is 302 g/mol. The molecule has 1 aromatic carbocycles. The highest BCUT2D eigenvalue weighted by Crippen LogP contribution is 2.36. The number of fused-ring (bicyclic) bond motifs is 1. The molecule has 0 aliphatic rings. The van der Waals surface area contributed by atoms with Gasteiger partial charge in [0.1, 0.15) is 5.69 Å². The topological polar surface area (TPSA) is 50.2 Å². The molecule has 0 fully saturated rings. The number of alkyl halides is 4. The van der Waals surface area contributed by atoms with Crippen LogP contribution in [0, 0.1) is 0 Å². The second kappa shape index (κ2) is 5.24. The van der Waals surface area contributed by atoms with Gasteiger partial charge in [0.2, 0.25) is 0 Å². The summed E-state index contributed by atoms with van der Waals surface area (Å²) in [6, 6.07) is 3.55. The van der Waals surface area contributed by atoms with Crippen LogP contribution in [0.2, 0.25) is 5.02 Å². The molecule has 0 atom stereocenters. The number of halogens is 5. The smallest absolute Gasteiger partial charge is 0.338 e. The average Bonchev–Trinajstić information content (AvgIpc) is 2.35. The number of rotatable bonds is 3. The molecule has 2 aromatic rings. The fourth-order valence-electron chi connectivity index (χ4n) is 1.89. The molecule has 2 rings (SSSR count). The first kappa shape index (κ1) is 14.5. The van der Waals surface area contributed by atoms with Crippen LogP contribution < -0.4 is 0 Å². The van der Waals surface area contributed by atoms with Crippen molar-refractivity contribution < 1.29 is 27.5 Å². The first-order valence-corrected chi connectivity index (χ1v) is 5.63. The summed E-state index contributed by atoms with van der Waals surface area (Å²) < 4.78 is 51.9. The van der Waals surface area contributed by atoms with E-state index in [0.717, 1.165) is 6.07 Å². The highest BCUT2D eigenvalue weighted by molar-refractivity contribution is 6.31. The second-order valence-electron chi connectivity index (χ2n) is 3.85. The molecule has 0 spiro atoms. The van der Waals surface area contributed by atoms with E-state index in [9.17, 15) is 22.4 Å². The van der Waals surface area contributed by atoms with Crippen LogP contribution in [0.3, 0.4) is 0 Å². The number of aromatic nitrogens is 1. The van der Waals surface area contributed by atoms with Crippen LogP contribution in [-0.4, -0.2) is 16.1 Å². The van der Waals surface area contributed by atoms with Crippen LogP contribution >= 0.6 is 11.6 Å². The number of aromatic carboxylic acids is 1. The molecule has 0 aliphatic heterocycles. The van der Waals surface area contributed by atoms with Crippen molar-refractivity contribution in [3.8, 4) is 0 Å². The number of benzene rings is 1. The van der Waals surface area contributed by atoms with E-state index >= 15 is 0 Å². The maximum atomic E-state index is 13.1. The van der Waals surface area contributed by atoms with Gasteiger partial charge in [-0.1, -0.05) is 11.6 Å². The van der Waals surface area contributed by atoms with Crippen LogP contribution in [-0.2, 0) is 0 Å². The predicted octanol–water partition coefficient (Wildman–Crippen LogP) is 4.46. The van der Waals surface area contributed by atoms with Crippen molar-refractivity contribution >= 4 is 28.5 Å². The Bertz CT molecular complexity index is 691. The van der Waals surface area contributed by atoms with Crippen molar-refractivity contribution in [3.63, 3.8) is 0 Å². The third-order valence-corrected chi connectivity index (χ3v) is 2.89. The van der Waals surface area contributed by atoms with E-state index in [0.29, 0.717) is 0 Å². The van der Waals surface area contributed by atoms with Crippen LogP contribution in [0.25, 0.3) is 10.9 Å². The molecule has 0 unspecified atom stereocenters. The molecule has 0 radical (unpaired) electrons. The number of carboxylic acids is 1. The van der Waals surface area contributed by atoms with Gasteiger partial charge in [0, 0.05) is 16.0 Å². The summed E-state index contributed by atoms with van der Waals surface area (Å²) in [6.07, 6.45) is -6.53. The maximum Gasteiger partial charge on any atom is 0.338 e. The molecule has 1 N–H and O–H groups in total. The minimum atomic E-state index is -3.28. The van der Waals surface area contributed by atoms with E-state index < -0.39 is 35.6 Å². The Labute approximate surface area is 114 Å². The third-order valence-electron chi connectivity index (χ3n) is 2.65. The summed E-state index contributed by atoms with van der Waals surface area (Å²) in [5, 5.41) is 8.75. The Kier molecular flexibility index (Phi) is 3.80. The Morgan fingerprint density at radius 2 is 1.85 bits per heavy atom. The molecule has 0 saturated heterocycles. The second-order valence-corrected chi connectivity index (χ2v) is 4.29. The Balaban J connectivity index is 2.98. The number of carbonyl (C=O) groups is 1. The van der Waals surface area contributed by atoms with Gasteiger partial charge in [-0.2, -0.15) is 0 Å². The van der Waals surface area contributed by atoms with Crippen molar-refractivity contribution in [1.29, 1.82) is 0 Å². The standard InChI is InChI=1S/C12H6ClF4NO2/c13-4-1-2-6-5(3-4)7(10(14)15)8(12(19)20)9(18-6)11(16)17/h1-3,10-11H,(H,19,20). The van der Waals surface area contributed by atoms with Crippen LogP contribution in [0.5, 0.6) is 0 Å². The SMILES string of the molecule is O=C(O)c1c(C(F)F)nc2ccc(Cl)cc2c1C(F)F. The van der Waals surface area contributed by atoms with Gasteiger partial charge in [0.05, 0.1) is 11.1 Å². The largest absolute Gasteiger partial charge is 0.478 e. The number of carboxylic acid groups (broad SMARTS) is 1. The van der Waals surface area contributed by atoms with Crippen molar-refractivity contribution in [2.24, 2.45) is 0 Å². The lowest BCUT2D eigenvalue weighted by Crippen LogP contribution is -2.11. The fraction of sp³-hybridized carbons (Fsp3) is 0.167. The van der Waals surface area contributed by atoms with Gasteiger partial charge in [0.25, 0.3) is 12.9 Å². The average molecular weight is 308 g/mol. The molecule has 106 valence electrons. The van der Waals surface area contributed by atoms with E-state index in [1.807, 2.05) is 0 Å². The summed E-state index contributed by atoms with van der Waals surface area (Å²) in [4.78, 5) is 14.5. The highest BCUT2D eigenvalue weighted by Gasteiger charge is 2.29. The number of pyridine rings is 1. The number of hydrogen-bond donors (Lipinski definition) is 1. The lowest BCUT2D eigenvalue weighted by atomic mass is 10.0. The van der Waals surface area contributed by atoms with Gasteiger partial charge < -0.3 is 5.11 Å². The third kappa shape index (κ3) is 2.40. The molecule has 8 heteroatoms. The fourth-order valence-corrected chi connectivity index (χ4v) is 2.06. The van der Waals surface area contributed by atoms with Crippen molar-refractivity contribution in [2.75, 3.05) is 0 Å². The van der Waals surface area contributed by atoms with Gasteiger partial charge in [-0.05, 0) is 18.2 Å². The number of hydrogen-bond acceptors (Lipinski definition) is 2. The molecule has 0 amide bonds. The summed E-state index contributed by atoms with van der Waals surface area (Å²) in [5.41, 5.74) is -3.52. The van der Waals surface area contributed by atoms with E-state index in [-0.39, 0.29) is 15.9 Å². The van der Waals surface area contributed by atoms with Gasteiger partial charge in [-0.3, -0.25) is 0 Å².